The molecule has 2 aliphatic rings. The molecule has 21 heteroatoms. The number of carboxylic acid groups (broad SMARTS) is 1. The molecule has 16 nitrogen and oxygen atoms in total. The molecular weight excluding hydrogens is 645 g/mol. The van der Waals surface area contributed by atoms with Gasteiger partial charge in [-0.25, -0.2) is 0 Å². The number of aromatic amines is 1. The van der Waals surface area contributed by atoms with Crippen molar-refractivity contribution in [2.24, 2.45) is 12.2 Å². The molecule has 1 fully saturated rings. The number of nitrogens with two attached hydrogens (primary N) is 1. The summed E-state index contributed by atoms with van der Waals surface area (Å²) in [6, 6.07) is -1.27. The van der Waals surface area contributed by atoms with Gasteiger partial charge < -0.3 is 2.85 Å². The van der Waals surface area contributed by atoms with E-state index in [0.29, 0.717) is 4.69 Å². The van der Waals surface area contributed by atoms with Crippen LogP contribution in [0.5, 0.6) is 0 Å². The van der Waals surface area contributed by atoms with Crippen LogP contribution >= 0.6 is 11.8 Å². The second-order valence-electron chi connectivity index (χ2n) is 7.51. The van der Waals surface area contributed by atoms with Crippen LogP contribution in [0.25, 0.3) is 0 Å². The van der Waals surface area contributed by atoms with Crippen LogP contribution in [0, 0.1) is 0 Å². The fourth-order valence-corrected chi connectivity index (χ4v) is 7.50. The molecule has 0 bridgehead atoms. The van der Waals surface area contributed by atoms with E-state index in [0.717, 1.165) is 16.7 Å². The van der Waals surface area contributed by atoms with Crippen LogP contribution in [0.15, 0.2) is 36.1 Å². The molecule has 5 N–H and O–H groups in total. The van der Waals surface area contributed by atoms with Crippen molar-refractivity contribution in [2.45, 2.75) is 16.6 Å². The van der Waals surface area contributed by atoms with Gasteiger partial charge in [0.15, 0.2) is 5.16 Å². The summed E-state index contributed by atoms with van der Waals surface area (Å²) in [6.07, 6.45) is 0. The average molecular weight is 665 g/mol. The number of H-pyrrole nitrogens is 1. The summed E-state index contributed by atoms with van der Waals surface area (Å²) in [6.45, 7) is 0. The number of carboxylic acids is 1. The Labute approximate surface area is 278 Å². The minimum atomic E-state index is -1.78. The predicted octanol–water partition coefficient (Wildman–Crippen LogP) is -9.37. The van der Waals surface area contributed by atoms with Gasteiger partial charge in [-0.2, -0.15) is 4.98 Å². The maximum Gasteiger partial charge on any atom is 1.00 e. The minimum Gasteiger partial charge on any atom is -1.00 e. The van der Waals surface area contributed by atoms with Crippen molar-refractivity contribution < 1.29 is 90.5 Å². The van der Waals surface area contributed by atoms with E-state index >= 15 is 0 Å². The van der Waals surface area contributed by atoms with Gasteiger partial charge in [-0.15, -0.1) is 0 Å². The molecule has 4 heterocycles. The normalized spacial score (nSPS) is 20.3. The van der Waals surface area contributed by atoms with Crippen molar-refractivity contribution in [2.75, 3.05) is 24.3 Å². The summed E-state index contributed by atoms with van der Waals surface area (Å²) in [5.41, 5.74) is 3.46. The van der Waals surface area contributed by atoms with E-state index < -0.39 is 51.1 Å². The van der Waals surface area contributed by atoms with Gasteiger partial charge in [0.2, 0.25) is 0 Å². The Morgan fingerprint density at radius 2 is 2.08 bits per heavy atom. The number of nitrogens with one attached hydrogen (secondary N) is 2. The number of nitrogens with zero attached hydrogens (tertiary/aromatic N) is 5. The summed E-state index contributed by atoms with van der Waals surface area (Å²) in [7, 11) is 0.878. The third kappa shape index (κ3) is 6.86. The maximum atomic E-state index is 13.1. The van der Waals surface area contributed by atoms with Crippen molar-refractivity contribution in [1.29, 1.82) is 0 Å². The number of rotatable bonds is 8. The fraction of sp³-hybridized carbons (Fsp3) is 0.333. The molecule has 39 heavy (non-hydrogen) atoms. The monoisotopic (exact) mass is 666 g/mol. The number of aliphatic carboxylic acids is 1. The number of carbonyl (C=O) groups excluding carboxylic acids is 2. The summed E-state index contributed by atoms with van der Waals surface area (Å²) in [5, 5.41) is 17.2. The topological polar surface area (TPSA) is 232 Å². The average Bonchev–Trinajstić information content (AvgIpc) is 3.27. The zero-order valence-corrected chi connectivity index (χ0v) is 28.3. The fourth-order valence-electron chi connectivity index (χ4n) is 3.61. The van der Waals surface area contributed by atoms with E-state index in [-0.39, 0.29) is 116 Å². The number of carbonyl (C=O) groups is 3. The molecule has 0 spiro atoms. The van der Waals surface area contributed by atoms with Crippen LogP contribution in [0.3, 0.4) is 0 Å². The first kappa shape index (κ1) is 33.7. The zero-order chi connectivity index (χ0) is 27.0. The van der Waals surface area contributed by atoms with Gasteiger partial charge in [-0.1, -0.05) is 0 Å². The van der Waals surface area contributed by atoms with Gasteiger partial charge in [0.25, 0.3) is 0 Å². The molecular formula is C18H20N8Na2O8S2Se. The number of nitrogen functional groups attached to an aromatic ring is 1. The van der Waals surface area contributed by atoms with Crippen molar-refractivity contribution in [3.8, 4) is 0 Å². The molecule has 2 aliphatic heterocycles. The van der Waals surface area contributed by atoms with E-state index in [2.05, 4.69) is 25.5 Å². The van der Waals surface area contributed by atoms with E-state index in [1.165, 1.54) is 18.8 Å². The van der Waals surface area contributed by atoms with Crippen LogP contribution in [-0.4, -0.2) is 102 Å². The third-order valence-corrected chi connectivity index (χ3v) is 9.36. The van der Waals surface area contributed by atoms with Crippen LogP contribution < -0.4 is 81.3 Å². The van der Waals surface area contributed by atoms with Gasteiger partial charge in [0.1, 0.15) is 0 Å². The van der Waals surface area contributed by atoms with E-state index in [4.69, 9.17) is 10.6 Å². The minimum absolute atomic E-state index is 0. The second kappa shape index (κ2) is 13.9. The molecule has 0 radical (unpaired) electrons. The van der Waals surface area contributed by atoms with Gasteiger partial charge in [0.05, 0.1) is 0 Å². The number of aryl methyl sites for hydroxylation is 1. The molecule has 3 atom stereocenters. The molecule has 2 amide bonds. The number of anilines is 1. The number of β-lactam (4-membered cyclic amide) rings is 1. The summed E-state index contributed by atoms with van der Waals surface area (Å²) >= 11 is 0.651. The van der Waals surface area contributed by atoms with Crippen LogP contribution in [0.2, 0.25) is 0 Å². The van der Waals surface area contributed by atoms with Gasteiger partial charge >= 0.3 is 242 Å². The van der Waals surface area contributed by atoms with Crippen molar-refractivity contribution >= 4 is 65.3 Å². The molecule has 2 aromatic rings. The molecule has 200 valence electrons. The van der Waals surface area contributed by atoms with Gasteiger partial charge in [0, 0.05) is 7.05 Å². The quantitative estimate of drug-likeness (QED) is 0.0514. The number of amides is 2. The number of fused-ring (bicyclic) bond motifs is 1. The zero-order valence-electron chi connectivity index (χ0n) is 23.0. The summed E-state index contributed by atoms with van der Waals surface area (Å²) in [5.74, 6) is -3.31. The predicted molar refractivity (Wildman–Crippen MR) is 132 cm³/mol. The Kier molecular flexibility index (Phi) is 12.0. The molecule has 1 unspecified atom stereocenters. The Balaban J connectivity index is 0.00000400. The second-order valence-corrected chi connectivity index (χ2v) is 11.9. The third-order valence-electron chi connectivity index (χ3n) is 5.18. The first-order valence-corrected chi connectivity index (χ1v) is 14.3. The van der Waals surface area contributed by atoms with Crippen molar-refractivity contribution in [1.82, 2.24) is 30.0 Å². The molecule has 1 saturated heterocycles. The smallest absolute Gasteiger partial charge is 1.00 e. The van der Waals surface area contributed by atoms with Crippen LogP contribution in [0.1, 0.15) is 8.55 Å². The van der Waals surface area contributed by atoms with E-state index in [1.807, 2.05) is 0 Å². The van der Waals surface area contributed by atoms with Gasteiger partial charge in [-0.3, -0.25) is 19.4 Å². The molecule has 2 aromatic heterocycles. The Bertz CT molecular complexity index is 1530. The number of aromatic nitrogens is 4. The SMILES string of the molecule is CO/N=C(\C(=O)N[C@@H]1C(=O)N2C(C(=O)O)=C(CSc3nc(=O)c(=O)[nH]n3C)CS(=O)[C@H]12)c1c[se]c(N)n1.[H-].[H-].[Na+].[Na+]. The van der Waals surface area contributed by atoms with Gasteiger partial charge in [-0.05, 0) is 0 Å². The Morgan fingerprint density at radius 3 is 2.67 bits per heavy atom. The standard InChI is InChI=1S/C18H18N8O8S2Se.2Na.2H/c1-25-18(22-12(28)13(29)23-25)35-3-6-4-36(33)15-9(14(30)26(15)10(6)16(31)32)21-11(27)8(24-34-2)7-5-37-17(19)20-7;;;;/h5,9,15H,3-4H2,1-2H3,(H2,19,20)(H,21,27)(H,23,29)(H,31,32);;;;/q;2*+1;2*-1/b24-8-;;;;/t9-,15-,36?;;;;/m1..../s1. The number of hydrogen-bond acceptors (Lipinski definition) is 12. The van der Waals surface area contributed by atoms with E-state index in [1.54, 1.807) is 4.94 Å². The van der Waals surface area contributed by atoms with E-state index in [9.17, 15) is 33.3 Å². The van der Waals surface area contributed by atoms with Crippen LogP contribution in [0.4, 0.5) is 4.69 Å². The number of thioether (sulfide) groups is 1. The largest absolute Gasteiger partial charge is 1.00 e. The first-order valence-electron chi connectivity index (χ1n) is 10.1. The Morgan fingerprint density at radius 1 is 1.38 bits per heavy atom. The first-order chi connectivity index (χ1) is 17.5. The van der Waals surface area contributed by atoms with Crippen LogP contribution in [-0.2, 0) is 37.1 Å². The maximum absolute atomic E-state index is 13.1. The summed E-state index contributed by atoms with van der Waals surface area (Å²) in [4.78, 5) is 75.7. The van der Waals surface area contributed by atoms with Crippen molar-refractivity contribution in [3.05, 3.63) is 42.6 Å². The number of hydrogen-bond donors (Lipinski definition) is 4. The summed E-state index contributed by atoms with van der Waals surface area (Å²) < 4.78 is 14.6. The molecule has 0 aliphatic carbocycles. The molecule has 0 aromatic carbocycles. The number of oxime groups is 1. The molecule has 0 saturated carbocycles. The Hall–Kier alpha value is -1.54. The van der Waals surface area contributed by atoms with Crippen molar-refractivity contribution in [3.63, 3.8) is 0 Å². The molecule has 4 rings (SSSR count).